The third-order valence-corrected chi connectivity index (χ3v) is 4.17. The number of benzene rings is 2. The van der Waals surface area contributed by atoms with E-state index in [4.69, 9.17) is 14.3 Å². The van der Waals surface area contributed by atoms with Gasteiger partial charge in [0.25, 0.3) is 0 Å². The van der Waals surface area contributed by atoms with Crippen LogP contribution < -0.4 is 9.47 Å². The molecule has 5 nitrogen and oxygen atoms in total. The van der Waals surface area contributed by atoms with Gasteiger partial charge in [0.1, 0.15) is 12.1 Å². The number of hydrogen-bond donors (Lipinski definition) is 0. The molecule has 0 aromatic heterocycles. The van der Waals surface area contributed by atoms with Crippen molar-refractivity contribution >= 4 is 5.78 Å². The number of nitrogens with zero attached hydrogens (tertiary/aromatic N) is 1. The summed E-state index contributed by atoms with van der Waals surface area (Å²) in [6.07, 6.45) is 0. The predicted molar refractivity (Wildman–Crippen MR) is 89.9 cm³/mol. The molecule has 2 aromatic carbocycles. The van der Waals surface area contributed by atoms with Crippen LogP contribution in [0.15, 0.2) is 48.5 Å². The fourth-order valence-corrected chi connectivity index (χ4v) is 3.13. The van der Waals surface area contributed by atoms with E-state index in [-0.39, 0.29) is 5.78 Å². The van der Waals surface area contributed by atoms with Gasteiger partial charge >= 0.3 is 0 Å². The average Bonchev–Trinajstić information content (AvgIpc) is 2.62. The van der Waals surface area contributed by atoms with Crippen LogP contribution >= 0.6 is 0 Å². The van der Waals surface area contributed by atoms with Crippen molar-refractivity contribution in [2.75, 3.05) is 20.8 Å². The van der Waals surface area contributed by atoms with Crippen LogP contribution in [0.5, 0.6) is 11.5 Å². The smallest absolute Gasteiger partial charge is 0.180 e. The summed E-state index contributed by atoms with van der Waals surface area (Å²) >= 11 is 0. The third kappa shape index (κ3) is 2.66. The molecule has 1 aliphatic heterocycles. The molecule has 3 rings (SSSR count). The van der Waals surface area contributed by atoms with Crippen molar-refractivity contribution in [1.82, 2.24) is 5.06 Å². The van der Waals surface area contributed by atoms with Crippen LogP contribution in [0.3, 0.4) is 0 Å². The number of carbonyl (C=O) groups is 1. The van der Waals surface area contributed by atoms with Crippen molar-refractivity contribution in [1.29, 1.82) is 0 Å². The summed E-state index contributed by atoms with van der Waals surface area (Å²) in [6, 6.07) is 14.3. The molecular formula is C19H21NO4. The zero-order valence-electron chi connectivity index (χ0n) is 14.1. The van der Waals surface area contributed by atoms with Gasteiger partial charge in [-0.25, -0.2) is 0 Å². The Bertz CT molecular complexity index is 717. The molecule has 0 bridgehead atoms. The highest BCUT2D eigenvalue weighted by molar-refractivity contribution is 5.96. The quantitative estimate of drug-likeness (QED) is 0.814. The number of para-hydroxylation sites is 1. The first kappa shape index (κ1) is 16.5. The SMILES string of the molecule is CCON1C(c2ccccc2)C(=O)C1c1cccc(OC)c1OC. The molecule has 0 saturated carbocycles. The molecule has 2 atom stereocenters. The maximum atomic E-state index is 12.9. The molecule has 0 amide bonds. The average molecular weight is 327 g/mol. The molecule has 2 unspecified atom stereocenters. The lowest BCUT2D eigenvalue weighted by molar-refractivity contribution is -0.249. The lowest BCUT2D eigenvalue weighted by Gasteiger charge is -2.45. The summed E-state index contributed by atoms with van der Waals surface area (Å²) in [5.74, 6) is 1.25. The molecule has 0 spiro atoms. The van der Waals surface area contributed by atoms with Crippen LogP contribution in [-0.2, 0) is 9.63 Å². The van der Waals surface area contributed by atoms with Gasteiger partial charge < -0.3 is 9.47 Å². The molecule has 0 N–H and O–H groups in total. The lowest BCUT2D eigenvalue weighted by atomic mass is 9.84. The predicted octanol–water partition coefficient (Wildman–Crippen LogP) is 3.32. The number of hydroxylamine groups is 2. The highest BCUT2D eigenvalue weighted by Gasteiger charge is 2.51. The van der Waals surface area contributed by atoms with Crippen molar-refractivity contribution in [3.63, 3.8) is 0 Å². The van der Waals surface area contributed by atoms with E-state index in [1.807, 2.05) is 55.5 Å². The highest BCUT2D eigenvalue weighted by Crippen LogP contribution is 2.48. The molecule has 1 aliphatic rings. The molecule has 0 radical (unpaired) electrons. The number of Topliss-reactive ketones (excluding diaryl/α,β-unsaturated/α-hetero) is 1. The van der Waals surface area contributed by atoms with E-state index < -0.39 is 12.1 Å². The van der Waals surface area contributed by atoms with Crippen LogP contribution in [0, 0.1) is 0 Å². The Morgan fingerprint density at radius 3 is 2.33 bits per heavy atom. The molecular weight excluding hydrogens is 306 g/mol. The first-order chi connectivity index (χ1) is 11.7. The van der Waals surface area contributed by atoms with Crippen molar-refractivity contribution in [2.45, 2.75) is 19.0 Å². The first-order valence-corrected chi connectivity index (χ1v) is 7.93. The van der Waals surface area contributed by atoms with Crippen LogP contribution in [0.2, 0.25) is 0 Å². The Hall–Kier alpha value is -2.37. The Kier molecular flexibility index (Phi) is 4.83. The zero-order chi connectivity index (χ0) is 17.1. The van der Waals surface area contributed by atoms with Gasteiger partial charge in [-0.05, 0) is 18.6 Å². The summed E-state index contributed by atoms with van der Waals surface area (Å²) in [5, 5.41) is 1.74. The summed E-state index contributed by atoms with van der Waals surface area (Å²) in [7, 11) is 3.15. The van der Waals surface area contributed by atoms with Gasteiger partial charge in [-0.3, -0.25) is 9.63 Å². The van der Waals surface area contributed by atoms with Crippen molar-refractivity contribution in [2.24, 2.45) is 0 Å². The zero-order valence-corrected chi connectivity index (χ0v) is 14.1. The minimum Gasteiger partial charge on any atom is -0.493 e. The topological polar surface area (TPSA) is 48.0 Å². The van der Waals surface area contributed by atoms with E-state index in [0.717, 1.165) is 11.1 Å². The number of rotatable bonds is 6. The summed E-state index contributed by atoms with van der Waals surface area (Å²) < 4.78 is 10.8. The lowest BCUT2D eigenvalue weighted by Crippen LogP contribution is -2.52. The second kappa shape index (κ2) is 7.03. The molecule has 24 heavy (non-hydrogen) atoms. The molecule has 0 aliphatic carbocycles. The van der Waals surface area contributed by atoms with Gasteiger partial charge in [-0.15, -0.1) is 0 Å². The van der Waals surface area contributed by atoms with Gasteiger partial charge in [0.2, 0.25) is 0 Å². The Morgan fingerprint density at radius 2 is 1.71 bits per heavy atom. The molecule has 1 fully saturated rings. The molecule has 1 saturated heterocycles. The van der Waals surface area contributed by atoms with Crippen molar-refractivity contribution in [3.8, 4) is 11.5 Å². The van der Waals surface area contributed by atoms with Crippen LogP contribution in [-0.4, -0.2) is 31.7 Å². The molecule has 2 aromatic rings. The van der Waals surface area contributed by atoms with Crippen LogP contribution in [0.1, 0.15) is 30.1 Å². The first-order valence-electron chi connectivity index (χ1n) is 7.93. The maximum absolute atomic E-state index is 12.9. The number of ether oxygens (including phenoxy) is 2. The summed E-state index contributed by atoms with van der Waals surface area (Å²) in [4.78, 5) is 18.7. The number of ketones is 1. The standard InChI is InChI=1S/C19H21NO4/c1-4-24-20-16(13-9-6-5-7-10-13)18(21)17(20)14-11-8-12-15(22-2)19(14)23-3/h5-12,16-17H,4H2,1-3H3. The van der Waals surface area contributed by atoms with E-state index in [1.54, 1.807) is 19.3 Å². The van der Waals surface area contributed by atoms with Gasteiger partial charge in [0.05, 0.1) is 20.8 Å². The normalized spacial score (nSPS) is 20.5. The summed E-state index contributed by atoms with van der Waals surface area (Å²) in [6.45, 7) is 2.39. The molecule has 126 valence electrons. The van der Waals surface area contributed by atoms with Gasteiger partial charge in [-0.1, -0.05) is 42.5 Å². The van der Waals surface area contributed by atoms with Crippen LogP contribution in [0.4, 0.5) is 0 Å². The number of methoxy groups -OCH3 is 2. The molecule has 1 heterocycles. The number of carbonyl (C=O) groups excluding carboxylic acids is 1. The highest BCUT2D eigenvalue weighted by atomic mass is 16.7. The fraction of sp³-hybridized carbons (Fsp3) is 0.316. The minimum atomic E-state index is -0.500. The van der Waals surface area contributed by atoms with E-state index in [9.17, 15) is 4.79 Å². The summed E-state index contributed by atoms with van der Waals surface area (Å²) in [5.41, 5.74) is 1.68. The minimum absolute atomic E-state index is 0.0844. The van der Waals surface area contributed by atoms with Gasteiger partial charge in [-0.2, -0.15) is 5.06 Å². The Balaban J connectivity index is 1.99. The Morgan fingerprint density at radius 1 is 0.958 bits per heavy atom. The number of hydrogen-bond acceptors (Lipinski definition) is 5. The fourth-order valence-electron chi connectivity index (χ4n) is 3.13. The molecule has 5 heteroatoms. The van der Waals surface area contributed by atoms with E-state index >= 15 is 0 Å². The maximum Gasteiger partial charge on any atom is 0.180 e. The van der Waals surface area contributed by atoms with E-state index in [0.29, 0.717) is 18.1 Å². The van der Waals surface area contributed by atoms with E-state index in [1.165, 1.54) is 0 Å². The third-order valence-electron chi connectivity index (χ3n) is 4.17. The van der Waals surface area contributed by atoms with Crippen molar-refractivity contribution in [3.05, 3.63) is 59.7 Å². The largest absolute Gasteiger partial charge is 0.493 e. The monoisotopic (exact) mass is 327 g/mol. The second-order valence-corrected chi connectivity index (χ2v) is 5.48. The van der Waals surface area contributed by atoms with Gasteiger partial charge in [0, 0.05) is 5.56 Å². The second-order valence-electron chi connectivity index (χ2n) is 5.48. The van der Waals surface area contributed by atoms with E-state index in [2.05, 4.69) is 0 Å². The van der Waals surface area contributed by atoms with Gasteiger partial charge in [0.15, 0.2) is 17.3 Å². The van der Waals surface area contributed by atoms with Crippen molar-refractivity contribution < 1.29 is 19.1 Å². The van der Waals surface area contributed by atoms with Crippen LogP contribution in [0.25, 0.3) is 0 Å². The Labute approximate surface area is 141 Å².